The molecule has 1 aliphatic heterocycles. The molecule has 1 fully saturated rings. The van der Waals surface area contributed by atoms with Gasteiger partial charge in [-0.2, -0.15) is 0 Å². The lowest BCUT2D eigenvalue weighted by atomic mass is 10.3. The molecule has 3 nitrogen and oxygen atoms in total. The van der Waals surface area contributed by atoms with Gasteiger partial charge in [0.05, 0.1) is 0 Å². The Kier molecular flexibility index (Phi) is 2.95. The molecule has 1 N–H and O–H groups in total. The van der Waals surface area contributed by atoms with Crippen molar-refractivity contribution in [3.8, 4) is 0 Å². The van der Waals surface area contributed by atoms with Gasteiger partial charge in [0.25, 0.3) is 0 Å². The van der Waals surface area contributed by atoms with Crippen LogP contribution in [-0.2, 0) is 0 Å². The zero-order valence-electron chi connectivity index (χ0n) is 6.68. The second-order valence-electron chi connectivity index (χ2n) is 2.67. The third kappa shape index (κ3) is 2.26. The van der Waals surface area contributed by atoms with Gasteiger partial charge in [0.1, 0.15) is 0 Å². The van der Waals surface area contributed by atoms with Gasteiger partial charge in [0.2, 0.25) is 0 Å². The zero-order chi connectivity index (χ0) is 8.10. The second kappa shape index (κ2) is 4.01. The lowest BCUT2D eigenvalue weighted by Gasteiger charge is -2.17. The van der Waals surface area contributed by atoms with Crippen LogP contribution >= 0.6 is 0 Å². The van der Waals surface area contributed by atoms with Crippen LogP contribution in [0.4, 0.5) is 4.79 Å². The SMILES string of the molecule is C=CCN1CCCCNC1=O. The van der Waals surface area contributed by atoms with E-state index in [1.54, 1.807) is 11.0 Å². The fourth-order valence-corrected chi connectivity index (χ4v) is 1.17. The summed E-state index contributed by atoms with van der Waals surface area (Å²) >= 11 is 0. The molecule has 0 spiro atoms. The smallest absolute Gasteiger partial charge is 0.317 e. The predicted molar refractivity (Wildman–Crippen MR) is 44.4 cm³/mol. The van der Waals surface area contributed by atoms with Gasteiger partial charge in [-0.1, -0.05) is 6.08 Å². The molecule has 1 aliphatic rings. The molecule has 1 heterocycles. The Morgan fingerprint density at radius 1 is 1.64 bits per heavy atom. The number of carbonyl (C=O) groups is 1. The van der Waals surface area contributed by atoms with Crippen LogP contribution in [0.25, 0.3) is 0 Å². The minimum Gasteiger partial charge on any atom is -0.338 e. The Hall–Kier alpha value is -0.990. The van der Waals surface area contributed by atoms with Crippen molar-refractivity contribution in [2.45, 2.75) is 12.8 Å². The highest BCUT2D eigenvalue weighted by atomic mass is 16.2. The van der Waals surface area contributed by atoms with Gasteiger partial charge >= 0.3 is 6.03 Å². The molecule has 0 aromatic rings. The molecule has 0 atom stereocenters. The lowest BCUT2D eigenvalue weighted by molar-refractivity contribution is 0.208. The highest BCUT2D eigenvalue weighted by Crippen LogP contribution is 2.00. The first-order valence-electron chi connectivity index (χ1n) is 3.98. The van der Waals surface area contributed by atoms with E-state index in [4.69, 9.17) is 0 Å². The molecule has 62 valence electrons. The fourth-order valence-electron chi connectivity index (χ4n) is 1.17. The number of nitrogens with zero attached hydrogens (tertiary/aromatic N) is 1. The first kappa shape index (κ1) is 8.11. The molecule has 0 bridgehead atoms. The van der Waals surface area contributed by atoms with E-state index in [-0.39, 0.29) is 6.03 Å². The minimum atomic E-state index is 0.0439. The van der Waals surface area contributed by atoms with E-state index >= 15 is 0 Å². The summed E-state index contributed by atoms with van der Waals surface area (Å²) in [5.41, 5.74) is 0. The number of nitrogens with one attached hydrogen (secondary N) is 1. The Morgan fingerprint density at radius 3 is 3.18 bits per heavy atom. The van der Waals surface area contributed by atoms with E-state index < -0.39 is 0 Å². The normalized spacial score (nSPS) is 18.9. The summed E-state index contributed by atoms with van der Waals surface area (Å²) in [7, 11) is 0. The van der Waals surface area contributed by atoms with Crippen molar-refractivity contribution in [3.63, 3.8) is 0 Å². The van der Waals surface area contributed by atoms with E-state index in [2.05, 4.69) is 11.9 Å². The molecule has 2 amide bonds. The van der Waals surface area contributed by atoms with Crippen molar-refractivity contribution in [1.82, 2.24) is 10.2 Å². The molecule has 1 saturated heterocycles. The largest absolute Gasteiger partial charge is 0.338 e. The molecule has 1 rings (SSSR count). The molecular weight excluding hydrogens is 140 g/mol. The van der Waals surface area contributed by atoms with E-state index in [1.165, 1.54) is 0 Å². The van der Waals surface area contributed by atoms with Crippen LogP contribution in [0.1, 0.15) is 12.8 Å². The summed E-state index contributed by atoms with van der Waals surface area (Å²) in [4.78, 5) is 12.9. The van der Waals surface area contributed by atoms with Crippen molar-refractivity contribution < 1.29 is 4.79 Å². The second-order valence-corrected chi connectivity index (χ2v) is 2.67. The van der Waals surface area contributed by atoms with Gasteiger partial charge in [-0.3, -0.25) is 0 Å². The molecule has 0 unspecified atom stereocenters. The van der Waals surface area contributed by atoms with Crippen LogP contribution in [0.5, 0.6) is 0 Å². The fraction of sp³-hybridized carbons (Fsp3) is 0.625. The lowest BCUT2D eigenvalue weighted by Crippen LogP contribution is -2.38. The zero-order valence-corrected chi connectivity index (χ0v) is 6.68. The first-order chi connectivity index (χ1) is 5.34. The maximum absolute atomic E-state index is 11.2. The number of hydrogen-bond donors (Lipinski definition) is 1. The molecule has 0 aromatic heterocycles. The molecule has 11 heavy (non-hydrogen) atoms. The van der Waals surface area contributed by atoms with E-state index in [0.717, 1.165) is 25.9 Å². The van der Waals surface area contributed by atoms with Crippen molar-refractivity contribution >= 4 is 6.03 Å². The topological polar surface area (TPSA) is 32.3 Å². The average molecular weight is 154 g/mol. The van der Waals surface area contributed by atoms with Gasteiger partial charge < -0.3 is 10.2 Å². The van der Waals surface area contributed by atoms with E-state index in [0.29, 0.717) is 6.54 Å². The predicted octanol–water partition coefficient (Wildman–Crippen LogP) is 0.978. The van der Waals surface area contributed by atoms with Gasteiger partial charge in [-0.25, -0.2) is 4.79 Å². The summed E-state index contributed by atoms with van der Waals surface area (Å²) in [5, 5.41) is 2.82. The Labute approximate surface area is 67.1 Å². The van der Waals surface area contributed by atoms with Crippen molar-refractivity contribution in [2.75, 3.05) is 19.6 Å². The number of hydrogen-bond acceptors (Lipinski definition) is 1. The van der Waals surface area contributed by atoms with Crippen molar-refractivity contribution in [1.29, 1.82) is 0 Å². The average Bonchev–Trinajstić information content (AvgIpc) is 2.18. The van der Waals surface area contributed by atoms with Crippen LogP contribution in [0, 0.1) is 0 Å². The standard InChI is InChI=1S/C8H14N2O/c1-2-6-10-7-4-3-5-9-8(10)11/h2H,1,3-7H2,(H,9,11). The monoisotopic (exact) mass is 154 g/mol. The third-order valence-corrected chi connectivity index (χ3v) is 1.77. The number of carbonyl (C=O) groups excluding carboxylic acids is 1. The number of rotatable bonds is 2. The van der Waals surface area contributed by atoms with Crippen LogP contribution in [-0.4, -0.2) is 30.6 Å². The molecular formula is C8H14N2O. The van der Waals surface area contributed by atoms with E-state index in [9.17, 15) is 4.79 Å². The maximum atomic E-state index is 11.2. The summed E-state index contributed by atoms with van der Waals surface area (Å²) in [6.07, 6.45) is 3.93. The van der Waals surface area contributed by atoms with Crippen LogP contribution in [0.2, 0.25) is 0 Å². The van der Waals surface area contributed by atoms with Gasteiger partial charge in [0.15, 0.2) is 0 Å². The summed E-state index contributed by atoms with van der Waals surface area (Å²) < 4.78 is 0. The van der Waals surface area contributed by atoms with Crippen molar-refractivity contribution in [3.05, 3.63) is 12.7 Å². The third-order valence-electron chi connectivity index (χ3n) is 1.77. The Morgan fingerprint density at radius 2 is 2.45 bits per heavy atom. The van der Waals surface area contributed by atoms with Crippen LogP contribution in [0.3, 0.4) is 0 Å². The minimum absolute atomic E-state index is 0.0439. The Balaban J connectivity index is 2.45. The van der Waals surface area contributed by atoms with Crippen LogP contribution < -0.4 is 5.32 Å². The first-order valence-corrected chi connectivity index (χ1v) is 3.98. The molecule has 0 saturated carbocycles. The number of urea groups is 1. The highest BCUT2D eigenvalue weighted by Gasteiger charge is 2.13. The highest BCUT2D eigenvalue weighted by molar-refractivity contribution is 5.74. The van der Waals surface area contributed by atoms with Crippen molar-refractivity contribution in [2.24, 2.45) is 0 Å². The molecule has 0 aromatic carbocycles. The van der Waals surface area contributed by atoms with Crippen LogP contribution in [0.15, 0.2) is 12.7 Å². The van der Waals surface area contributed by atoms with Gasteiger partial charge in [-0.15, -0.1) is 6.58 Å². The molecule has 0 radical (unpaired) electrons. The Bertz CT molecular complexity index is 156. The maximum Gasteiger partial charge on any atom is 0.317 e. The summed E-state index contributed by atoms with van der Waals surface area (Å²) in [6.45, 7) is 5.93. The number of amides is 2. The molecule has 0 aliphatic carbocycles. The quantitative estimate of drug-likeness (QED) is 0.591. The van der Waals surface area contributed by atoms with E-state index in [1.807, 2.05) is 0 Å². The molecule has 3 heteroatoms. The van der Waals surface area contributed by atoms with Gasteiger partial charge in [0, 0.05) is 19.6 Å². The summed E-state index contributed by atoms with van der Waals surface area (Å²) in [5.74, 6) is 0. The van der Waals surface area contributed by atoms with Gasteiger partial charge in [-0.05, 0) is 12.8 Å². The summed E-state index contributed by atoms with van der Waals surface area (Å²) in [6, 6.07) is 0.0439.